The van der Waals surface area contributed by atoms with Crippen molar-refractivity contribution in [2.45, 2.75) is 39.0 Å². The van der Waals surface area contributed by atoms with Crippen LogP contribution < -0.4 is 5.32 Å². The van der Waals surface area contributed by atoms with Crippen LogP contribution in [0.4, 0.5) is 0 Å². The Morgan fingerprint density at radius 3 is 2.79 bits per heavy atom. The Bertz CT molecular complexity index is 500. The maximum atomic E-state index is 8.79. The van der Waals surface area contributed by atoms with Crippen molar-refractivity contribution in [2.24, 2.45) is 11.3 Å². The van der Waals surface area contributed by atoms with Crippen LogP contribution >= 0.6 is 0 Å². The van der Waals surface area contributed by atoms with Crippen molar-refractivity contribution < 1.29 is 4.74 Å². The fourth-order valence-corrected chi connectivity index (χ4v) is 3.66. The molecule has 1 saturated heterocycles. The second-order valence-electron chi connectivity index (χ2n) is 6.23. The largest absolute Gasteiger partial charge is 0.377 e. The molecule has 2 fully saturated rings. The van der Waals surface area contributed by atoms with E-state index in [4.69, 9.17) is 10.00 Å². The Hall–Kier alpha value is -1.37. The number of nitrogens with one attached hydrogen (secondary N) is 1. The van der Waals surface area contributed by atoms with Gasteiger partial charge < -0.3 is 10.1 Å². The zero-order chi connectivity index (χ0) is 13.5. The fourth-order valence-electron chi connectivity index (χ4n) is 3.66. The quantitative estimate of drug-likeness (QED) is 0.903. The van der Waals surface area contributed by atoms with E-state index in [1.807, 2.05) is 24.3 Å². The van der Waals surface area contributed by atoms with Crippen LogP contribution in [0.25, 0.3) is 0 Å². The molecule has 0 spiro atoms. The first-order chi connectivity index (χ1) is 9.13. The molecule has 0 bridgehead atoms. The normalized spacial score (nSPS) is 31.3. The van der Waals surface area contributed by atoms with Gasteiger partial charge in [-0.15, -0.1) is 0 Å². The SMILES string of the molecule is CC1(C)C(NCc2ccc(C#N)cc2)C2CCOC21. The van der Waals surface area contributed by atoms with Crippen LogP contribution in [-0.2, 0) is 11.3 Å². The summed E-state index contributed by atoms with van der Waals surface area (Å²) in [5, 5.41) is 12.5. The van der Waals surface area contributed by atoms with Gasteiger partial charge in [0.15, 0.2) is 0 Å². The van der Waals surface area contributed by atoms with Gasteiger partial charge in [0.25, 0.3) is 0 Å². The number of benzene rings is 1. The van der Waals surface area contributed by atoms with Gasteiger partial charge in [-0.3, -0.25) is 0 Å². The number of nitrogens with zero attached hydrogens (tertiary/aromatic N) is 1. The van der Waals surface area contributed by atoms with E-state index >= 15 is 0 Å². The highest BCUT2D eigenvalue weighted by molar-refractivity contribution is 5.31. The van der Waals surface area contributed by atoms with Crippen LogP contribution in [0.1, 0.15) is 31.4 Å². The molecule has 1 aromatic rings. The molecular weight excluding hydrogens is 236 g/mol. The molecule has 3 nitrogen and oxygen atoms in total. The number of ether oxygens (including phenoxy) is 1. The lowest BCUT2D eigenvalue weighted by molar-refractivity contribution is -0.113. The van der Waals surface area contributed by atoms with E-state index in [-0.39, 0.29) is 5.41 Å². The zero-order valence-electron chi connectivity index (χ0n) is 11.5. The molecule has 2 aliphatic rings. The Balaban J connectivity index is 1.61. The highest BCUT2D eigenvalue weighted by Crippen LogP contribution is 2.52. The molecule has 0 aromatic heterocycles. The van der Waals surface area contributed by atoms with Crippen LogP contribution in [0.15, 0.2) is 24.3 Å². The second-order valence-corrected chi connectivity index (χ2v) is 6.23. The standard InChI is InChI=1S/C16H20N2O/c1-16(2)14(13-7-8-19-15(13)16)18-10-12-5-3-11(9-17)4-6-12/h3-6,13-15,18H,7-8,10H2,1-2H3. The predicted octanol–water partition coefficient (Wildman–Crippen LogP) is 2.46. The molecule has 19 heavy (non-hydrogen) atoms. The Kier molecular flexibility index (Phi) is 3.08. The van der Waals surface area contributed by atoms with Crippen LogP contribution in [0.5, 0.6) is 0 Å². The molecule has 1 heterocycles. The molecule has 3 heteroatoms. The number of nitriles is 1. The molecule has 1 aliphatic heterocycles. The van der Waals surface area contributed by atoms with Gasteiger partial charge in [0.2, 0.25) is 0 Å². The minimum absolute atomic E-state index is 0.230. The van der Waals surface area contributed by atoms with Crippen molar-refractivity contribution in [3.8, 4) is 6.07 Å². The van der Waals surface area contributed by atoms with E-state index in [0.717, 1.165) is 18.7 Å². The van der Waals surface area contributed by atoms with E-state index in [0.29, 0.717) is 18.1 Å². The van der Waals surface area contributed by atoms with E-state index < -0.39 is 0 Å². The Morgan fingerprint density at radius 2 is 2.11 bits per heavy atom. The fraction of sp³-hybridized carbons (Fsp3) is 0.562. The van der Waals surface area contributed by atoms with E-state index in [1.54, 1.807) is 0 Å². The van der Waals surface area contributed by atoms with Crippen molar-refractivity contribution >= 4 is 0 Å². The minimum atomic E-state index is 0.230. The summed E-state index contributed by atoms with van der Waals surface area (Å²) in [6.45, 7) is 6.35. The lowest BCUT2D eigenvalue weighted by Gasteiger charge is -2.55. The van der Waals surface area contributed by atoms with Gasteiger partial charge in [-0.05, 0) is 24.1 Å². The number of hydrogen-bond donors (Lipinski definition) is 1. The van der Waals surface area contributed by atoms with Gasteiger partial charge >= 0.3 is 0 Å². The summed E-state index contributed by atoms with van der Waals surface area (Å²) in [6, 6.07) is 10.5. The van der Waals surface area contributed by atoms with Crippen molar-refractivity contribution in [3.63, 3.8) is 0 Å². The molecule has 3 atom stereocenters. The first-order valence-electron chi connectivity index (χ1n) is 6.97. The maximum Gasteiger partial charge on any atom is 0.0991 e. The topological polar surface area (TPSA) is 45.0 Å². The summed E-state index contributed by atoms with van der Waals surface area (Å²) in [5.41, 5.74) is 2.18. The molecule has 100 valence electrons. The summed E-state index contributed by atoms with van der Waals surface area (Å²) in [5.74, 6) is 0.674. The number of hydrogen-bond acceptors (Lipinski definition) is 3. The highest BCUT2D eigenvalue weighted by atomic mass is 16.5. The van der Waals surface area contributed by atoms with Gasteiger partial charge in [-0.25, -0.2) is 0 Å². The average molecular weight is 256 g/mol. The third-order valence-corrected chi connectivity index (χ3v) is 4.71. The summed E-state index contributed by atoms with van der Waals surface area (Å²) < 4.78 is 5.80. The van der Waals surface area contributed by atoms with Gasteiger partial charge in [0.05, 0.1) is 17.7 Å². The minimum Gasteiger partial charge on any atom is -0.377 e. The Labute approximate surface area is 114 Å². The van der Waals surface area contributed by atoms with E-state index in [2.05, 4.69) is 25.2 Å². The third kappa shape index (κ3) is 2.05. The van der Waals surface area contributed by atoms with Crippen LogP contribution in [0.3, 0.4) is 0 Å². The number of fused-ring (bicyclic) bond motifs is 1. The zero-order valence-corrected chi connectivity index (χ0v) is 11.5. The second kappa shape index (κ2) is 4.63. The molecule has 1 saturated carbocycles. The monoisotopic (exact) mass is 256 g/mol. The first kappa shape index (κ1) is 12.7. The third-order valence-electron chi connectivity index (χ3n) is 4.71. The van der Waals surface area contributed by atoms with Crippen molar-refractivity contribution in [1.82, 2.24) is 5.32 Å². The molecule has 1 aliphatic carbocycles. The highest BCUT2D eigenvalue weighted by Gasteiger charge is 2.58. The molecule has 3 unspecified atom stereocenters. The van der Waals surface area contributed by atoms with Crippen molar-refractivity contribution in [2.75, 3.05) is 6.61 Å². The lowest BCUT2D eigenvalue weighted by Crippen LogP contribution is -2.65. The van der Waals surface area contributed by atoms with E-state index in [9.17, 15) is 0 Å². The molecule has 0 amide bonds. The Morgan fingerprint density at radius 1 is 1.37 bits per heavy atom. The molecule has 3 rings (SSSR count). The first-order valence-corrected chi connectivity index (χ1v) is 6.97. The number of rotatable bonds is 3. The summed E-state index contributed by atoms with van der Waals surface area (Å²) >= 11 is 0. The lowest BCUT2D eigenvalue weighted by atomic mass is 9.57. The molecular formula is C16H20N2O. The maximum absolute atomic E-state index is 8.79. The van der Waals surface area contributed by atoms with Gasteiger partial charge in [-0.2, -0.15) is 5.26 Å². The summed E-state index contributed by atoms with van der Waals surface area (Å²) in [7, 11) is 0. The van der Waals surface area contributed by atoms with Crippen LogP contribution in [0, 0.1) is 22.7 Å². The van der Waals surface area contributed by atoms with Gasteiger partial charge in [0, 0.05) is 30.5 Å². The molecule has 0 radical (unpaired) electrons. The average Bonchev–Trinajstić information content (AvgIpc) is 2.86. The predicted molar refractivity (Wildman–Crippen MR) is 73.4 cm³/mol. The molecule has 1 N–H and O–H groups in total. The van der Waals surface area contributed by atoms with Crippen LogP contribution in [-0.4, -0.2) is 18.8 Å². The van der Waals surface area contributed by atoms with Crippen molar-refractivity contribution in [3.05, 3.63) is 35.4 Å². The van der Waals surface area contributed by atoms with Crippen LogP contribution in [0.2, 0.25) is 0 Å². The summed E-state index contributed by atoms with van der Waals surface area (Å²) in [4.78, 5) is 0. The summed E-state index contributed by atoms with van der Waals surface area (Å²) in [6.07, 6.45) is 1.62. The van der Waals surface area contributed by atoms with Crippen molar-refractivity contribution in [1.29, 1.82) is 5.26 Å². The van der Waals surface area contributed by atoms with Gasteiger partial charge in [-0.1, -0.05) is 26.0 Å². The smallest absolute Gasteiger partial charge is 0.0991 e. The molecule has 1 aromatic carbocycles. The van der Waals surface area contributed by atoms with Gasteiger partial charge in [0.1, 0.15) is 0 Å². The van der Waals surface area contributed by atoms with E-state index in [1.165, 1.54) is 12.0 Å².